The van der Waals surface area contributed by atoms with Crippen LogP contribution in [0.5, 0.6) is 0 Å². The average Bonchev–Trinajstić information content (AvgIpc) is 3.67. The standard InChI is InChI=1S/C20H21N3O2.C11H10N2O2.C8H12N2O/c1-13-11-14(2)22-20(25)17(13)9-10-19(24)18-12-21-23(15(18)3)16-7-5-4-6-8-16;1-8-10(11(14)15)7-12-13(8)9-5-3-2-4-6-9;1-5-3-6(2)10-8(11)7(5)4-9/h4-8,11-12H,9-10H2,1-3H3,(H,22,25);2-7H,1H3,(H,14,15);3H,4,9H2,1-2H3,(H,10,11). The van der Waals surface area contributed by atoms with E-state index in [2.05, 4.69) is 20.2 Å². The maximum absolute atomic E-state index is 12.6. The smallest absolute Gasteiger partial charge is 0.339 e. The lowest BCUT2D eigenvalue weighted by atomic mass is 10.0. The molecule has 0 fully saturated rings. The van der Waals surface area contributed by atoms with Crippen molar-refractivity contribution in [1.29, 1.82) is 0 Å². The quantitative estimate of drug-likeness (QED) is 0.148. The fourth-order valence-electron chi connectivity index (χ4n) is 5.66. The van der Waals surface area contributed by atoms with E-state index >= 15 is 0 Å². The van der Waals surface area contributed by atoms with Crippen molar-refractivity contribution in [3.05, 3.63) is 162 Å². The largest absolute Gasteiger partial charge is 0.478 e. The number of hydrogen-bond donors (Lipinski definition) is 4. The summed E-state index contributed by atoms with van der Waals surface area (Å²) in [5.74, 6) is -0.950. The number of hydrogen-bond acceptors (Lipinski definition) is 7. The van der Waals surface area contributed by atoms with Crippen molar-refractivity contribution in [1.82, 2.24) is 29.5 Å². The Morgan fingerprint density at radius 2 is 1.12 bits per heavy atom. The van der Waals surface area contributed by atoms with Gasteiger partial charge in [-0.05, 0) is 95.5 Å². The van der Waals surface area contributed by atoms with Crippen LogP contribution in [0.4, 0.5) is 0 Å². The van der Waals surface area contributed by atoms with Gasteiger partial charge in [-0.25, -0.2) is 14.2 Å². The number of carbonyl (C=O) groups excluding carboxylic acids is 1. The van der Waals surface area contributed by atoms with Crippen LogP contribution < -0.4 is 16.9 Å². The number of benzene rings is 2. The average molecular weight is 690 g/mol. The normalized spacial score (nSPS) is 10.5. The van der Waals surface area contributed by atoms with Gasteiger partial charge in [-0.3, -0.25) is 14.4 Å². The first-order valence-electron chi connectivity index (χ1n) is 16.4. The number of aromatic carboxylic acids is 1. The third kappa shape index (κ3) is 9.31. The predicted octanol–water partition coefficient (Wildman–Crippen LogP) is 5.63. The highest BCUT2D eigenvalue weighted by Gasteiger charge is 2.17. The van der Waals surface area contributed by atoms with Crippen LogP contribution in [0.3, 0.4) is 0 Å². The number of nitrogens with zero attached hydrogens (tertiary/aromatic N) is 4. The summed E-state index contributed by atoms with van der Waals surface area (Å²) in [7, 11) is 0. The van der Waals surface area contributed by atoms with Gasteiger partial charge >= 0.3 is 5.97 Å². The van der Waals surface area contributed by atoms with Crippen LogP contribution in [0.2, 0.25) is 0 Å². The summed E-state index contributed by atoms with van der Waals surface area (Å²) < 4.78 is 3.38. The highest BCUT2D eigenvalue weighted by molar-refractivity contribution is 5.97. The molecular weight excluding hydrogens is 646 g/mol. The molecule has 0 saturated carbocycles. The molecule has 0 aliphatic carbocycles. The predicted molar refractivity (Wildman–Crippen MR) is 197 cm³/mol. The number of carboxylic acids is 1. The van der Waals surface area contributed by atoms with E-state index in [0.29, 0.717) is 35.3 Å². The minimum Gasteiger partial charge on any atom is -0.478 e. The summed E-state index contributed by atoms with van der Waals surface area (Å²) in [6, 6.07) is 23.0. The van der Waals surface area contributed by atoms with Crippen LogP contribution in [0.1, 0.15) is 72.2 Å². The van der Waals surface area contributed by atoms with Gasteiger partial charge in [-0.2, -0.15) is 10.2 Å². The Kier molecular flexibility index (Phi) is 12.6. The van der Waals surface area contributed by atoms with Gasteiger partial charge in [0.2, 0.25) is 0 Å². The number of para-hydroxylation sites is 2. The minimum atomic E-state index is -0.949. The summed E-state index contributed by atoms with van der Waals surface area (Å²) in [5.41, 5.74) is 14.2. The molecule has 2 aromatic carbocycles. The third-order valence-corrected chi connectivity index (χ3v) is 8.35. The van der Waals surface area contributed by atoms with Crippen molar-refractivity contribution in [3.8, 4) is 11.4 Å². The molecular formula is C39H43N7O5. The van der Waals surface area contributed by atoms with Gasteiger partial charge in [-0.1, -0.05) is 36.4 Å². The van der Waals surface area contributed by atoms with Crippen molar-refractivity contribution >= 4 is 11.8 Å². The second kappa shape index (κ2) is 17.0. The molecule has 0 spiro atoms. The van der Waals surface area contributed by atoms with E-state index in [-0.39, 0.29) is 28.9 Å². The van der Waals surface area contributed by atoms with Crippen LogP contribution in [-0.2, 0) is 13.0 Å². The molecule has 0 unspecified atom stereocenters. The van der Waals surface area contributed by atoms with Crippen LogP contribution in [-0.4, -0.2) is 46.4 Å². The molecule has 0 atom stereocenters. The molecule has 6 aromatic rings. The number of nitrogens with one attached hydrogen (secondary N) is 2. The van der Waals surface area contributed by atoms with Gasteiger partial charge in [0.1, 0.15) is 5.56 Å². The first-order chi connectivity index (χ1) is 24.3. The van der Waals surface area contributed by atoms with Gasteiger partial charge in [0.25, 0.3) is 11.1 Å². The molecule has 6 rings (SSSR count). The first-order valence-corrected chi connectivity index (χ1v) is 16.4. The molecule has 0 saturated heterocycles. The fraction of sp³-hybridized carbons (Fsp3) is 0.231. The molecule has 0 amide bonds. The van der Waals surface area contributed by atoms with Crippen molar-refractivity contribution in [2.75, 3.05) is 0 Å². The Hall–Kier alpha value is -6.14. The summed E-state index contributed by atoms with van der Waals surface area (Å²) in [6.07, 6.45) is 3.69. The maximum Gasteiger partial charge on any atom is 0.339 e. The molecule has 0 aliphatic heterocycles. The molecule has 4 heterocycles. The van der Waals surface area contributed by atoms with Crippen molar-refractivity contribution in [2.24, 2.45) is 5.73 Å². The molecule has 12 heteroatoms. The highest BCUT2D eigenvalue weighted by Crippen LogP contribution is 2.17. The number of rotatable bonds is 8. The molecule has 5 N–H and O–H groups in total. The zero-order valence-electron chi connectivity index (χ0n) is 29.7. The van der Waals surface area contributed by atoms with Gasteiger partial charge in [0.05, 0.1) is 40.7 Å². The molecule has 264 valence electrons. The van der Waals surface area contributed by atoms with E-state index in [1.807, 2.05) is 107 Å². The topological polar surface area (TPSA) is 182 Å². The van der Waals surface area contributed by atoms with Crippen LogP contribution in [0.25, 0.3) is 11.4 Å². The second-order valence-electron chi connectivity index (χ2n) is 12.1. The Balaban J connectivity index is 0.000000190. The van der Waals surface area contributed by atoms with E-state index in [9.17, 15) is 19.2 Å². The van der Waals surface area contributed by atoms with Crippen molar-refractivity contribution in [3.63, 3.8) is 0 Å². The number of carboxylic acid groups (broad SMARTS) is 1. The molecule has 0 aliphatic rings. The summed E-state index contributed by atoms with van der Waals surface area (Å²) >= 11 is 0. The lowest BCUT2D eigenvalue weighted by Gasteiger charge is -2.07. The second-order valence-corrected chi connectivity index (χ2v) is 12.1. The number of aromatic amines is 2. The van der Waals surface area contributed by atoms with E-state index < -0.39 is 5.97 Å². The highest BCUT2D eigenvalue weighted by atomic mass is 16.4. The number of carbonyl (C=O) groups is 2. The Labute approximate surface area is 295 Å². The monoisotopic (exact) mass is 689 g/mol. The molecule has 0 radical (unpaired) electrons. The molecule has 51 heavy (non-hydrogen) atoms. The maximum atomic E-state index is 12.6. The van der Waals surface area contributed by atoms with Crippen LogP contribution >= 0.6 is 0 Å². The van der Waals surface area contributed by atoms with Gasteiger partial charge < -0.3 is 20.8 Å². The molecule has 0 bridgehead atoms. The summed E-state index contributed by atoms with van der Waals surface area (Å²) in [5, 5.41) is 17.3. The third-order valence-electron chi connectivity index (χ3n) is 8.35. The minimum absolute atomic E-state index is 0.000874. The Bertz CT molecular complexity index is 2250. The number of H-pyrrole nitrogens is 2. The summed E-state index contributed by atoms with van der Waals surface area (Å²) in [6.45, 7) is 11.4. The first kappa shape index (κ1) is 37.7. The zero-order chi connectivity index (χ0) is 37.2. The SMILES string of the molecule is Cc1c(C(=O)O)cnn1-c1ccccc1.Cc1cc(C)c(CCC(=O)c2cnn(-c3ccccc3)c2C)c(=O)[nH]1.Cc1cc(C)c(CN)c(=O)[nH]1. The summed E-state index contributed by atoms with van der Waals surface area (Å²) in [4.78, 5) is 52.2. The van der Waals surface area contributed by atoms with Crippen LogP contribution in [0, 0.1) is 41.5 Å². The Morgan fingerprint density at radius 3 is 1.53 bits per heavy atom. The van der Waals surface area contributed by atoms with E-state index in [1.54, 1.807) is 22.5 Å². The Morgan fingerprint density at radius 1 is 0.686 bits per heavy atom. The number of aryl methyl sites for hydroxylation is 4. The molecule has 4 aromatic heterocycles. The number of nitrogens with two attached hydrogens (primary N) is 1. The number of ketones is 1. The van der Waals surface area contributed by atoms with Gasteiger partial charge in [-0.15, -0.1) is 0 Å². The lowest BCUT2D eigenvalue weighted by Crippen LogP contribution is -2.18. The van der Waals surface area contributed by atoms with E-state index in [4.69, 9.17) is 10.8 Å². The number of aromatic nitrogens is 6. The lowest BCUT2D eigenvalue weighted by molar-refractivity contribution is 0.0695. The van der Waals surface area contributed by atoms with Crippen molar-refractivity contribution in [2.45, 2.75) is 60.9 Å². The van der Waals surface area contributed by atoms with E-state index in [1.165, 1.54) is 6.20 Å². The number of pyridine rings is 2. The molecule has 12 nitrogen and oxygen atoms in total. The van der Waals surface area contributed by atoms with E-state index in [0.717, 1.165) is 39.6 Å². The van der Waals surface area contributed by atoms with Crippen molar-refractivity contribution < 1.29 is 14.7 Å². The fourth-order valence-corrected chi connectivity index (χ4v) is 5.66. The van der Waals surface area contributed by atoms with Gasteiger partial charge in [0.15, 0.2) is 5.78 Å². The van der Waals surface area contributed by atoms with Crippen LogP contribution in [0.15, 0.2) is 94.8 Å². The zero-order valence-corrected chi connectivity index (χ0v) is 29.7. The van der Waals surface area contributed by atoms with Gasteiger partial charge in [0, 0.05) is 35.5 Å². The number of Topliss-reactive ketones (excluding diaryl/α,β-unsaturated/α-hetero) is 1.